The smallest absolute Gasteiger partial charge is 0.178 e. The standard InChI is InChI=1S/C22H31N3O/c1-5-18-11-12-23-22(14-18)24(4)15-21(26)20-13-16(2)25(17(20)3)19-9-7-6-8-10-19/h6-10,13,18,22-23H,5,11-12,14-15H2,1-4H3. The van der Waals surface area contributed by atoms with Crippen LogP contribution in [0.4, 0.5) is 0 Å². The maximum absolute atomic E-state index is 13.0. The van der Waals surface area contributed by atoms with Gasteiger partial charge in [0.05, 0.1) is 12.7 Å². The predicted octanol–water partition coefficient (Wildman–Crippen LogP) is 3.94. The van der Waals surface area contributed by atoms with E-state index in [-0.39, 0.29) is 5.78 Å². The lowest BCUT2D eigenvalue weighted by Gasteiger charge is -2.35. The van der Waals surface area contributed by atoms with Gasteiger partial charge in [-0.1, -0.05) is 31.5 Å². The minimum Gasteiger partial charge on any atom is -0.318 e. The monoisotopic (exact) mass is 353 g/mol. The van der Waals surface area contributed by atoms with E-state index in [4.69, 9.17) is 0 Å². The van der Waals surface area contributed by atoms with Crippen LogP contribution < -0.4 is 5.32 Å². The Kier molecular flexibility index (Phi) is 5.94. The van der Waals surface area contributed by atoms with E-state index in [9.17, 15) is 4.79 Å². The zero-order chi connectivity index (χ0) is 18.7. The Morgan fingerprint density at radius 2 is 2.00 bits per heavy atom. The lowest BCUT2D eigenvalue weighted by atomic mass is 9.93. The molecule has 2 aromatic rings. The number of hydrogen-bond donors (Lipinski definition) is 1. The molecule has 1 fully saturated rings. The molecule has 0 spiro atoms. The molecule has 0 amide bonds. The average molecular weight is 354 g/mol. The van der Waals surface area contributed by atoms with Crippen molar-refractivity contribution in [3.05, 3.63) is 53.3 Å². The Morgan fingerprint density at radius 3 is 2.69 bits per heavy atom. The summed E-state index contributed by atoms with van der Waals surface area (Å²) in [5.41, 5.74) is 4.06. The fourth-order valence-corrected chi connectivity index (χ4v) is 4.12. The number of Topliss-reactive ketones (excluding diaryl/α,β-unsaturated/α-hetero) is 1. The first-order chi connectivity index (χ1) is 12.5. The van der Waals surface area contributed by atoms with Gasteiger partial charge in [0.15, 0.2) is 5.78 Å². The number of piperidine rings is 1. The number of carbonyl (C=O) groups is 1. The molecule has 140 valence electrons. The van der Waals surface area contributed by atoms with Crippen molar-refractivity contribution in [1.82, 2.24) is 14.8 Å². The molecule has 3 rings (SSSR count). The summed E-state index contributed by atoms with van der Waals surface area (Å²) in [6, 6.07) is 12.3. The van der Waals surface area contributed by atoms with E-state index in [0.29, 0.717) is 12.7 Å². The SMILES string of the molecule is CCC1CCNC(N(C)CC(=O)c2cc(C)n(-c3ccccc3)c2C)C1. The van der Waals surface area contributed by atoms with Crippen LogP contribution in [0.1, 0.15) is 47.9 Å². The highest BCUT2D eigenvalue weighted by molar-refractivity contribution is 5.99. The summed E-state index contributed by atoms with van der Waals surface area (Å²) in [6.45, 7) is 7.86. The molecule has 1 aromatic heterocycles. The number of nitrogens with one attached hydrogen (secondary N) is 1. The largest absolute Gasteiger partial charge is 0.318 e. The van der Waals surface area contributed by atoms with Crippen LogP contribution in [0.5, 0.6) is 0 Å². The molecular weight excluding hydrogens is 322 g/mol. The second kappa shape index (κ2) is 8.19. The van der Waals surface area contributed by atoms with Crippen molar-refractivity contribution in [2.24, 2.45) is 5.92 Å². The summed E-state index contributed by atoms with van der Waals surface area (Å²) < 4.78 is 2.17. The van der Waals surface area contributed by atoms with E-state index < -0.39 is 0 Å². The van der Waals surface area contributed by atoms with Crippen LogP contribution in [-0.2, 0) is 0 Å². The van der Waals surface area contributed by atoms with Crippen molar-refractivity contribution in [3.8, 4) is 5.69 Å². The third kappa shape index (κ3) is 3.92. The summed E-state index contributed by atoms with van der Waals surface area (Å²) >= 11 is 0. The van der Waals surface area contributed by atoms with Gasteiger partial charge in [0.25, 0.3) is 0 Å². The molecule has 2 atom stereocenters. The first-order valence-electron chi connectivity index (χ1n) is 9.72. The van der Waals surface area contributed by atoms with Gasteiger partial charge in [0, 0.05) is 22.6 Å². The van der Waals surface area contributed by atoms with Gasteiger partial charge >= 0.3 is 0 Å². The topological polar surface area (TPSA) is 37.3 Å². The first-order valence-corrected chi connectivity index (χ1v) is 9.72. The molecule has 4 heteroatoms. The number of likely N-dealkylation sites (N-methyl/N-ethyl adjacent to an activating group) is 1. The Labute approximate surface area is 157 Å². The number of benzene rings is 1. The van der Waals surface area contributed by atoms with Gasteiger partial charge in [-0.05, 0) is 64.4 Å². The Bertz CT molecular complexity index is 750. The number of nitrogens with zero attached hydrogens (tertiary/aromatic N) is 2. The summed E-state index contributed by atoms with van der Waals surface area (Å²) in [7, 11) is 2.06. The van der Waals surface area contributed by atoms with Gasteiger partial charge in [-0.2, -0.15) is 0 Å². The Morgan fingerprint density at radius 1 is 1.27 bits per heavy atom. The van der Waals surface area contributed by atoms with Crippen molar-refractivity contribution in [3.63, 3.8) is 0 Å². The van der Waals surface area contributed by atoms with Crippen LogP contribution in [0.3, 0.4) is 0 Å². The Balaban J connectivity index is 1.74. The second-order valence-electron chi connectivity index (χ2n) is 7.56. The maximum Gasteiger partial charge on any atom is 0.178 e. The molecule has 1 N–H and O–H groups in total. The van der Waals surface area contributed by atoms with Gasteiger partial charge in [0.2, 0.25) is 0 Å². The molecule has 2 unspecified atom stereocenters. The number of aryl methyl sites for hydroxylation is 1. The van der Waals surface area contributed by atoms with Crippen LogP contribution in [-0.4, -0.2) is 41.6 Å². The Hall–Kier alpha value is -1.91. The first kappa shape index (κ1) is 18.9. The van der Waals surface area contributed by atoms with Crippen LogP contribution >= 0.6 is 0 Å². The maximum atomic E-state index is 13.0. The number of hydrogen-bond acceptors (Lipinski definition) is 3. The van der Waals surface area contributed by atoms with Crippen molar-refractivity contribution >= 4 is 5.78 Å². The summed E-state index contributed by atoms with van der Waals surface area (Å²) in [5.74, 6) is 0.963. The predicted molar refractivity (Wildman–Crippen MR) is 107 cm³/mol. The fourth-order valence-electron chi connectivity index (χ4n) is 4.12. The zero-order valence-corrected chi connectivity index (χ0v) is 16.5. The lowest BCUT2D eigenvalue weighted by Crippen LogP contribution is -2.50. The quantitative estimate of drug-likeness (QED) is 0.799. The molecule has 0 radical (unpaired) electrons. The van der Waals surface area contributed by atoms with Crippen molar-refractivity contribution in [1.29, 1.82) is 0 Å². The molecule has 0 bridgehead atoms. The van der Waals surface area contributed by atoms with Crippen LogP contribution in [0.15, 0.2) is 36.4 Å². The molecule has 2 heterocycles. The van der Waals surface area contributed by atoms with E-state index in [1.165, 1.54) is 12.8 Å². The second-order valence-corrected chi connectivity index (χ2v) is 7.56. The molecule has 1 aliphatic heterocycles. The van der Waals surface area contributed by atoms with E-state index in [1.54, 1.807) is 0 Å². The van der Waals surface area contributed by atoms with E-state index in [1.807, 2.05) is 31.2 Å². The fraction of sp³-hybridized carbons (Fsp3) is 0.500. The van der Waals surface area contributed by atoms with E-state index >= 15 is 0 Å². The number of carbonyl (C=O) groups excluding carboxylic acids is 1. The molecule has 1 aromatic carbocycles. The summed E-state index contributed by atoms with van der Waals surface area (Å²) in [4.78, 5) is 15.2. The van der Waals surface area contributed by atoms with E-state index in [2.05, 4.69) is 47.8 Å². The third-order valence-electron chi connectivity index (χ3n) is 5.74. The van der Waals surface area contributed by atoms with Gasteiger partial charge < -0.3 is 9.88 Å². The zero-order valence-electron chi connectivity index (χ0n) is 16.5. The van der Waals surface area contributed by atoms with Crippen LogP contribution in [0.2, 0.25) is 0 Å². The number of para-hydroxylation sites is 1. The molecule has 0 aliphatic carbocycles. The van der Waals surface area contributed by atoms with Gasteiger partial charge in [-0.15, -0.1) is 0 Å². The average Bonchev–Trinajstić information content (AvgIpc) is 2.96. The van der Waals surface area contributed by atoms with Gasteiger partial charge in [0.1, 0.15) is 0 Å². The van der Waals surface area contributed by atoms with Gasteiger partial charge in [-0.25, -0.2) is 0 Å². The highest BCUT2D eigenvalue weighted by Crippen LogP contribution is 2.23. The molecule has 0 saturated carbocycles. The lowest BCUT2D eigenvalue weighted by molar-refractivity contribution is 0.0850. The highest BCUT2D eigenvalue weighted by Gasteiger charge is 2.26. The van der Waals surface area contributed by atoms with E-state index in [0.717, 1.165) is 41.5 Å². The minimum atomic E-state index is 0.197. The van der Waals surface area contributed by atoms with Crippen LogP contribution in [0.25, 0.3) is 5.69 Å². The molecule has 1 saturated heterocycles. The molecular formula is C22H31N3O. The van der Waals surface area contributed by atoms with Gasteiger partial charge in [-0.3, -0.25) is 9.69 Å². The minimum absolute atomic E-state index is 0.197. The highest BCUT2D eigenvalue weighted by atomic mass is 16.1. The molecule has 1 aliphatic rings. The number of rotatable bonds is 6. The molecule has 4 nitrogen and oxygen atoms in total. The summed E-state index contributed by atoms with van der Waals surface area (Å²) in [6.07, 6.45) is 3.89. The number of ketones is 1. The number of aromatic nitrogens is 1. The van der Waals surface area contributed by atoms with Crippen molar-refractivity contribution in [2.75, 3.05) is 20.1 Å². The van der Waals surface area contributed by atoms with Crippen LogP contribution in [0, 0.1) is 19.8 Å². The third-order valence-corrected chi connectivity index (χ3v) is 5.74. The van der Waals surface area contributed by atoms with Crippen molar-refractivity contribution < 1.29 is 4.79 Å². The summed E-state index contributed by atoms with van der Waals surface area (Å²) in [5, 5.41) is 3.57. The normalized spacial score (nSPS) is 20.5. The molecule has 26 heavy (non-hydrogen) atoms. The van der Waals surface area contributed by atoms with Crippen molar-refractivity contribution in [2.45, 2.75) is 46.2 Å².